The summed E-state index contributed by atoms with van der Waals surface area (Å²) in [5.41, 5.74) is 2.89. The monoisotopic (exact) mass is 558 g/mol. The fourth-order valence-corrected chi connectivity index (χ4v) is 5.88. The number of fused-ring (bicyclic) bond motifs is 3. The van der Waals surface area contributed by atoms with E-state index in [1.807, 2.05) is 24.3 Å². The Morgan fingerprint density at radius 1 is 1.20 bits per heavy atom. The molecule has 1 amide bonds. The molecule has 1 saturated heterocycles. The minimum absolute atomic E-state index is 0.0674. The van der Waals surface area contributed by atoms with Gasteiger partial charge in [0.15, 0.2) is 6.29 Å². The van der Waals surface area contributed by atoms with Crippen molar-refractivity contribution in [2.45, 2.75) is 55.9 Å². The van der Waals surface area contributed by atoms with Crippen LogP contribution in [0, 0.1) is 11.8 Å². The molecule has 1 aromatic carbocycles. The SMILES string of the molecule is C=C[C@H]1[C@H](O[C@@H]2O[C@H](CO)[C@@H](O)[C@H](O)[C@H]2O)OC=C(C(=O)OC)[C@H]1CC1c2[nH]c3ccccc3c2CC(=O)N1C. The van der Waals surface area contributed by atoms with Crippen LogP contribution in [0.25, 0.3) is 10.9 Å². The van der Waals surface area contributed by atoms with E-state index in [0.29, 0.717) is 0 Å². The van der Waals surface area contributed by atoms with Gasteiger partial charge in [0.05, 0.1) is 38.0 Å². The highest BCUT2D eigenvalue weighted by atomic mass is 16.8. The Morgan fingerprint density at radius 3 is 2.65 bits per heavy atom. The number of H-pyrrole nitrogens is 1. The molecule has 2 aromatic rings. The lowest BCUT2D eigenvalue weighted by atomic mass is 9.77. The number of aromatic nitrogens is 1. The molecule has 12 nitrogen and oxygen atoms in total. The van der Waals surface area contributed by atoms with E-state index in [4.69, 9.17) is 18.9 Å². The molecular weight excluding hydrogens is 524 g/mol. The van der Waals surface area contributed by atoms with Crippen LogP contribution < -0.4 is 0 Å². The van der Waals surface area contributed by atoms with E-state index in [1.165, 1.54) is 13.4 Å². The van der Waals surface area contributed by atoms with E-state index >= 15 is 0 Å². The number of likely N-dealkylation sites (N-methyl/N-ethyl adjacent to an activating group) is 1. The maximum Gasteiger partial charge on any atom is 0.337 e. The van der Waals surface area contributed by atoms with Gasteiger partial charge in [0.1, 0.15) is 24.4 Å². The number of nitrogens with one attached hydrogen (secondary N) is 1. The van der Waals surface area contributed by atoms with Crippen LogP contribution in [0.4, 0.5) is 0 Å². The Hall–Kier alpha value is -3.26. The summed E-state index contributed by atoms with van der Waals surface area (Å²) < 4.78 is 22.2. The van der Waals surface area contributed by atoms with Gasteiger partial charge in [-0.3, -0.25) is 4.79 Å². The van der Waals surface area contributed by atoms with Gasteiger partial charge in [0.25, 0.3) is 0 Å². The van der Waals surface area contributed by atoms with E-state index in [9.17, 15) is 30.0 Å². The zero-order chi connectivity index (χ0) is 28.7. The van der Waals surface area contributed by atoms with E-state index < -0.39 is 67.4 Å². The number of para-hydroxylation sites is 1. The topological polar surface area (TPSA) is 171 Å². The number of benzene rings is 1. The van der Waals surface area contributed by atoms with Gasteiger partial charge in [-0.2, -0.15) is 0 Å². The molecule has 1 unspecified atom stereocenters. The molecule has 3 aliphatic rings. The average Bonchev–Trinajstić information content (AvgIpc) is 3.33. The molecule has 40 heavy (non-hydrogen) atoms. The maximum atomic E-state index is 13.1. The summed E-state index contributed by atoms with van der Waals surface area (Å²) in [5, 5.41) is 41.3. The van der Waals surface area contributed by atoms with Crippen LogP contribution in [0.3, 0.4) is 0 Å². The summed E-state index contributed by atoms with van der Waals surface area (Å²) >= 11 is 0. The van der Waals surface area contributed by atoms with Gasteiger partial charge in [-0.15, -0.1) is 6.58 Å². The van der Waals surface area contributed by atoms with Crippen molar-refractivity contribution in [1.29, 1.82) is 0 Å². The Kier molecular flexibility index (Phi) is 8.00. The number of esters is 1. The van der Waals surface area contributed by atoms with Crippen LogP contribution in [-0.4, -0.2) is 99.9 Å². The van der Waals surface area contributed by atoms with Gasteiger partial charge < -0.3 is 49.3 Å². The third-order valence-corrected chi connectivity index (χ3v) is 8.16. The molecule has 3 aliphatic heterocycles. The smallest absolute Gasteiger partial charge is 0.337 e. The summed E-state index contributed by atoms with van der Waals surface area (Å²) in [6.07, 6.45) is -5.31. The zero-order valence-electron chi connectivity index (χ0n) is 22.2. The highest BCUT2D eigenvalue weighted by molar-refractivity contribution is 5.92. The quantitative estimate of drug-likeness (QED) is 0.235. The molecule has 216 valence electrons. The number of aromatic amines is 1. The lowest BCUT2D eigenvalue weighted by molar-refractivity contribution is -0.339. The number of carbonyl (C=O) groups excluding carboxylic acids is 2. The minimum atomic E-state index is -1.65. The number of nitrogens with zero attached hydrogens (tertiary/aromatic N) is 1. The van der Waals surface area contributed by atoms with Crippen molar-refractivity contribution < 1.29 is 49.0 Å². The highest BCUT2D eigenvalue weighted by Crippen LogP contribution is 2.44. The second-order valence-electron chi connectivity index (χ2n) is 10.3. The molecule has 0 saturated carbocycles. The third-order valence-electron chi connectivity index (χ3n) is 8.16. The summed E-state index contributed by atoms with van der Waals surface area (Å²) in [6, 6.07) is 7.30. The number of hydrogen-bond donors (Lipinski definition) is 5. The fraction of sp³-hybridized carbons (Fsp3) is 0.500. The van der Waals surface area contributed by atoms with Gasteiger partial charge in [0, 0.05) is 35.5 Å². The predicted molar refractivity (Wildman–Crippen MR) is 139 cm³/mol. The number of amides is 1. The van der Waals surface area contributed by atoms with Crippen molar-refractivity contribution in [2.75, 3.05) is 20.8 Å². The molecule has 1 aromatic heterocycles. The van der Waals surface area contributed by atoms with Crippen LogP contribution in [0.1, 0.15) is 23.7 Å². The Labute approximate surface area is 230 Å². The molecule has 0 spiro atoms. The van der Waals surface area contributed by atoms with Crippen LogP contribution in [0.5, 0.6) is 0 Å². The first-order valence-electron chi connectivity index (χ1n) is 13.1. The largest absolute Gasteiger partial charge is 0.471 e. The van der Waals surface area contributed by atoms with Crippen LogP contribution in [0.2, 0.25) is 0 Å². The molecule has 0 radical (unpaired) electrons. The summed E-state index contributed by atoms with van der Waals surface area (Å²) in [5.74, 6) is -1.98. The number of rotatable bonds is 7. The van der Waals surface area contributed by atoms with Gasteiger partial charge in [-0.05, 0) is 18.1 Å². The molecule has 5 N–H and O–H groups in total. The van der Waals surface area contributed by atoms with Crippen molar-refractivity contribution >= 4 is 22.8 Å². The highest BCUT2D eigenvalue weighted by Gasteiger charge is 2.48. The molecule has 1 fully saturated rings. The van der Waals surface area contributed by atoms with E-state index in [0.717, 1.165) is 22.2 Å². The van der Waals surface area contributed by atoms with Crippen molar-refractivity contribution in [1.82, 2.24) is 9.88 Å². The molecule has 9 atom stereocenters. The summed E-state index contributed by atoms with van der Waals surface area (Å²) in [7, 11) is 2.97. The number of hydrogen-bond acceptors (Lipinski definition) is 10. The zero-order valence-corrected chi connectivity index (χ0v) is 22.2. The van der Waals surface area contributed by atoms with Crippen molar-refractivity contribution in [3.63, 3.8) is 0 Å². The predicted octanol–water partition coefficient (Wildman–Crippen LogP) is 0.262. The molecule has 12 heteroatoms. The maximum absolute atomic E-state index is 13.1. The second kappa shape index (κ2) is 11.3. The normalized spacial score (nSPS) is 34.1. The van der Waals surface area contributed by atoms with Crippen LogP contribution >= 0.6 is 0 Å². The standard InChI is InChI=1S/C28H34N2O10/c1-4-13-15(9-19-22-16(10-21(32)30(19)2)14-7-5-6-8-18(14)29-22)17(26(36)37-3)12-38-27(13)40-28-25(35)24(34)23(33)20(11-31)39-28/h4-8,12-13,15,19-20,23-25,27-29,31,33-35H,1,9-11H2,2-3H3/t13-,15+,19?,20-,23-,24+,25-,27+,28+/m1/s1. The lowest BCUT2D eigenvalue weighted by Gasteiger charge is -2.44. The number of aliphatic hydroxyl groups excluding tert-OH is 4. The van der Waals surface area contributed by atoms with E-state index in [-0.39, 0.29) is 24.3 Å². The first kappa shape index (κ1) is 28.3. The average molecular weight is 559 g/mol. The van der Waals surface area contributed by atoms with Gasteiger partial charge in [-0.25, -0.2) is 4.79 Å². The van der Waals surface area contributed by atoms with Crippen molar-refractivity contribution in [3.05, 3.63) is 60.0 Å². The van der Waals surface area contributed by atoms with Gasteiger partial charge >= 0.3 is 5.97 Å². The second-order valence-corrected chi connectivity index (χ2v) is 10.3. The summed E-state index contributed by atoms with van der Waals surface area (Å²) in [4.78, 5) is 31.0. The van der Waals surface area contributed by atoms with Crippen molar-refractivity contribution in [2.24, 2.45) is 11.8 Å². The first-order valence-corrected chi connectivity index (χ1v) is 13.1. The summed E-state index contributed by atoms with van der Waals surface area (Å²) in [6.45, 7) is 3.30. The number of ether oxygens (including phenoxy) is 4. The van der Waals surface area contributed by atoms with Gasteiger partial charge in [0.2, 0.25) is 12.2 Å². The molecule has 5 rings (SSSR count). The van der Waals surface area contributed by atoms with E-state index in [1.54, 1.807) is 18.0 Å². The number of aliphatic hydroxyl groups is 4. The molecular formula is C28H34N2O10. The van der Waals surface area contributed by atoms with Crippen LogP contribution in [-0.2, 0) is 35.0 Å². The lowest BCUT2D eigenvalue weighted by Crippen LogP contribution is -2.60. The molecule has 0 aliphatic carbocycles. The number of methoxy groups -OCH3 is 1. The Bertz CT molecular complexity index is 1310. The Morgan fingerprint density at radius 2 is 1.95 bits per heavy atom. The van der Waals surface area contributed by atoms with E-state index in [2.05, 4.69) is 11.6 Å². The van der Waals surface area contributed by atoms with Crippen LogP contribution in [0.15, 0.2) is 48.8 Å². The molecule has 4 heterocycles. The number of carbonyl (C=O) groups is 2. The molecule has 0 bridgehead atoms. The van der Waals surface area contributed by atoms with Gasteiger partial charge in [-0.1, -0.05) is 24.3 Å². The minimum Gasteiger partial charge on any atom is -0.471 e. The fourth-order valence-electron chi connectivity index (χ4n) is 5.88. The Balaban J connectivity index is 1.48. The van der Waals surface area contributed by atoms with Crippen molar-refractivity contribution in [3.8, 4) is 0 Å². The first-order chi connectivity index (χ1) is 19.2. The third kappa shape index (κ3) is 4.80.